The van der Waals surface area contributed by atoms with Gasteiger partial charge in [0, 0.05) is 6.54 Å². The van der Waals surface area contributed by atoms with Gasteiger partial charge >= 0.3 is 8.60 Å². The van der Waals surface area contributed by atoms with E-state index >= 15 is 0 Å². The Labute approximate surface area is 90.5 Å². The predicted octanol–water partition coefficient (Wildman–Crippen LogP) is 2.31. The zero-order valence-corrected chi connectivity index (χ0v) is 9.50. The summed E-state index contributed by atoms with van der Waals surface area (Å²) in [5.74, 6) is 1.54. The molecular weight excluding hydrogens is 213 g/mol. The van der Waals surface area contributed by atoms with E-state index in [0.29, 0.717) is 6.61 Å². The van der Waals surface area contributed by atoms with Gasteiger partial charge in [0.1, 0.15) is 0 Å². The van der Waals surface area contributed by atoms with E-state index in [9.17, 15) is 0 Å². The Bertz CT molecular complexity index is 296. The molecule has 5 heteroatoms. The highest BCUT2D eigenvalue weighted by Gasteiger charge is 2.26. The Kier molecular flexibility index (Phi) is 3.78. The third kappa shape index (κ3) is 2.81. The molecule has 1 N–H and O–H groups in total. The largest absolute Gasteiger partial charge is 0.463 e. The molecule has 1 aromatic carbocycles. The van der Waals surface area contributed by atoms with Gasteiger partial charge in [0.2, 0.25) is 0 Å². The minimum Gasteiger partial charge on any atom is -0.414 e. The summed E-state index contributed by atoms with van der Waals surface area (Å²) in [6, 6.07) is 7.59. The summed E-state index contributed by atoms with van der Waals surface area (Å²) < 4.78 is 16.4. The molecule has 0 saturated carbocycles. The number of benzene rings is 1. The number of rotatable bonds is 5. The lowest BCUT2D eigenvalue weighted by Gasteiger charge is -2.07. The lowest BCUT2D eigenvalue weighted by Crippen LogP contribution is -2.18. The van der Waals surface area contributed by atoms with Crippen LogP contribution < -0.4 is 14.4 Å². The summed E-state index contributed by atoms with van der Waals surface area (Å²) in [6.07, 6.45) is 0. The zero-order valence-electron chi connectivity index (χ0n) is 8.60. The topological polar surface area (TPSA) is 39.7 Å². The van der Waals surface area contributed by atoms with Crippen LogP contribution in [0.3, 0.4) is 0 Å². The standard InChI is InChI=1S/C10H14NO3P/c1-2-11-7-8-12-15-13-9-5-3-4-6-10(9)14-15/h3-6,11H,2,7-8H2,1H3. The summed E-state index contributed by atoms with van der Waals surface area (Å²) in [7, 11) is -1.23. The maximum atomic E-state index is 5.48. The van der Waals surface area contributed by atoms with Crippen LogP contribution in [0.5, 0.6) is 11.5 Å². The molecular formula is C10H14NO3P. The molecule has 0 atom stereocenters. The maximum Gasteiger partial charge on any atom is 0.463 e. The smallest absolute Gasteiger partial charge is 0.414 e. The fraction of sp³-hybridized carbons (Fsp3) is 0.400. The third-order valence-electron chi connectivity index (χ3n) is 1.92. The quantitative estimate of drug-likeness (QED) is 0.619. The van der Waals surface area contributed by atoms with E-state index in [4.69, 9.17) is 13.6 Å². The van der Waals surface area contributed by atoms with Gasteiger partial charge in [-0.15, -0.1) is 0 Å². The SMILES string of the molecule is CCNCCOP1Oc2ccccc2O1. The fourth-order valence-corrected chi connectivity index (χ4v) is 2.21. The highest BCUT2D eigenvalue weighted by atomic mass is 31.2. The molecule has 4 nitrogen and oxygen atoms in total. The highest BCUT2D eigenvalue weighted by Crippen LogP contribution is 2.52. The number of para-hydroxylation sites is 2. The van der Waals surface area contributed by atoms with Gasteiger partial charge in [0.25, 0.3) is 0 Å². The predicted molar refractivity (Wildman–Crippen MR) is 59.1 cm³/mol. The van der Waals surface area contributed by atoms with Gasteiger partial charge in [-0.25, -0.2) is 0 Å². The summed E-state index contributed by atoms with van der Waals surface area (Å²) in [4.78, 5) is 0. The van der Waals surface area contributed by atoms with Crippen molar-refractivity contribution >= 4 is 8.60 Å². The Morgan fingerprint density at radius 1 is 1.27 bits per heavy atom. The van der Waals surface area contributed by atoms with E-state index < -0.39 is 8.60 Å². The van der Waals surface area contributed by atoms with Crippen molar-refractivity contribution in [3.8, 4) is 11.5 Å². The van der Waals surface area contributed by atoms with Crippen molar-refractivity contribution in [1.82, 2.24) is 5.32 Å². The summed E-state index contributed by atoms with van der Waals surface area (Å²) in [5.41, 5.74) is 0. The first-order valence-electron chi connectivity index (χ1n) is 4.99. The van der Waals surface area contributed by atoms with Crippen LogP contribution in [0, 0.1) is 0 Å². The molecule has 2 rings (SSSR count). The van der Waals surface area contributed by atoms with Crippen LogP contribution in [0.2, 0.25) is 0 Å². The van der Waals surface area contributed by atoms with Crippen molar-refractivity contribution in [2.24, 2.45) is 0 Å². The summed E-state index contributed by atoms with van der Waals surface area (Å²) in [6.45, 7) is 4.43. The molecule has 1 aliphatic heterocycles. The van der Waals surface area contributed by atoms with Crippen LogP contribution in [-0.4, -0.2) is 19.7 Å². The first kappa shape index (κ1) is 10.7. The molecule has 0 unspecified atom stereocenters. The molecule has 0 saturated heterocycles. The molecule has 0 amide bonds. The average molecular weight is 227 g/mol. The van der Waals surface area contributed by atoms with E-state index in [2.05, 4.69) is 12.2 Å². The van der Waals surface area contributed by atoms with Crippen molar-refractivity contribution < 1.29 is 13.6 Å². The summed E-state index contributed by atoms with van der Waals surface area (Å²) >= 11 is 0. The Morgan fingerprint density at radius 2 is 1.93 bits per heavy atom. The molecule has 1 aliphatic rings. The average Bonchev–Trinajstić information content (AvgIpc) is 2.67. The number of nitrogens with one attached hydrogen (secondary N) is 1. The van der Waals surface area contributed by atoms with E-state index in [-0.39, 0.29) is 0 Å². The van der Waals surface area contributed by atoms with Crippen molar-refractivity contribution in [2.45, 2.75) is 6.92 Å². The fourth-order valence-electron chi connectivity index (χ4n) is 1.20. The minimum atomic E-state index is -1.23. The van der Waals surface area contributed by atoms with E-state index in [1.54, 1.807) is 0 Å². The zero-order chi connectivity index (χ0) is 10.5. The van der Waals surface area contributed by atoms with Crippen molar-refractivity contribution in [3.63, 3.8) is 0 Å². The molecule has 0 aliphatic carbocycles. The van der Waals surface area contributed by atoms with Crippen LogP contribution in [0.15, 0.2) is 24.3 Å². The van der Waals surface area contributed by atoms with Crippen molar-refractivity contribution in [3.05, 3.63) is 24.3 Å². The van der Waals surface area contributed by atoms with Gasteiger partial charge in [-0.1, -0.05) is 19.1 Å². The Hall–Kier alpha value is -0.830. The second-order valence-electron chi connectivity index (χ2n) is 3.04. The molecule has 82 valence electrons. The van der Waals surface area contributed by atoms with Gasteiger partial charge in [-0.2, -0.15) is 0 Å². The molecule has 0 bridgehead atoms. The van der Waals surface area contributed by atoms with Crippen LogP contribution in [-0.2, 0) is 4.52 Å². The lowest BCUT2D eigenvalue weighted by atomic mass is 10.3. The molecule has 15 heavy (non-hydrogen) atoms. The van der Waals surface area contributed by atoms with Gasteiger partial charge in [-0.3, -0.25) is 4.52 Å². The van der Waals surface area contributed by atoms with Gasteiger partial charge in [0.05, 0.1) is 6.61 Å². The number of hydrogen-bond donors (Lipinski definition) is 1. The number of likely N-dealkylation sites (N-methyl/N-ethyl adjacent to an activating group) is 1. The Morgan fingerprint density at radius 3 is 2.53 bits per heavy atom. The van der Waals surface area contributed by atoms with E-state index in [0.717, 1.165) is 24.6 Å². The molecule has 1 heterocycles. The molecule has 0 fully saturated rings. The van der Waals surface area contributed by atoms with Gasteiger partial charge in [-0.05, 0) is 18.7 Å². The van der Waals surface area contributed by atoms with Crippen LogP contribution in [0.1, 0.15) is 6.92 Å². The first-order chi connectivity index (χ1) is 7.40. The first-order valence-corrected chi connectivity index (χ1v) is 6.08. The van der Waals surface area contributed by atoms with Crippen LogP contribution >= 0.6 is 8.60 Å². The second-order valence-corrected chi connectivity index (χ2v) is 4.11. The molecule has 1 aromatic rings. The summed E-state index contributed by atoms with van der Waals surface area (Å²) in [5, 5.41) is 3.17. The number of fused-ring (bicyclic) bond motifs is 1. The molecule has 0 aromatic heterocycles. The maximum absolute atomic E-state index is 5.48. The number of hydrogen-bond acceptors (Lipinski definition) is 4. The highest BCUT2D eigenvalue weighted by molar-refractivity contribution is 7.43. The van der Waals surface area contributed by atoms with Crippen LogP contribution in [0.4, 0.5) is 0 Å². The van der Waals surface area contributed by atoms with Gasteiger partial charge in [0.15, 0.2) is 11.5 Å². The second kappa shape index (κ2) is 5.31. The van der Waals surface area contributed by atoms with Crippen molar-refractivity contribution in [1.29, 1.82) is 0 Å². The van der Waals surface area contributed by atoms with Crippen LogP contribution in [0.25, 0.3) is 0 Å². The van der Waals surface area contributed by atoms with Crippen molar-refractivity contribution in [2.75, 3.05) is 19.7 Å². The lowest BCUT2D eigenvalue weighted by molar-refractivity contribution is 0.283. The molecule has 0 spiro atoms. The molecule has 0 radical (unpaired) electrons. The van der Waals surface area contributed by atoms with E-state index in [1.165, 1.54) is 0 Å². The third-order valence-corrected chi connectivity index (χ3v) is 3.01. The van der Waals surface area contributed by atoms with Gasteiger partial charge < -0.3 is 14.4 Å². The monoisotopic (exact) mass is 227 g/mol. The minimum absolute atomic E-state index is 0.605. The van der Waals surface area contributed by atoms with E-state index in [1.807, 2.05) is 24.3 Å². The Balaban J connectivity index is 1.76. The normalized spacial score (nSPS) is 14.5.